The van der Waals surface area contributed by atoms with Crippen molar-refractivity contribution in [3.05, 3.63) is 50.8 Å². The molecule has 0 saturated heterocycles. The van der Waals surface area contributed by atoms with Crippen LogP contribution in [0.3, 0.4) is 0 Å². The molecule has 0 radical (unpaired) electrons. The number of aromatic nitrogens is 5. The van der Waals surface area contributed by atoms with Crippen LogP contribution in [0.25, 0.3) is 10.9 Å². The summed E-state index contributed by atoms with van der Waals surface area (Å²) in [5.41, 5.74) is -2.85. The Bertz CT molecular complexity index is 1190. The number of hydrogen-bond acceptors (Lipinski definition) is 5. The first kappa shape index (κ1) is 20.8. The minimum absolute atomic E-state index is 0.0557. The summed E-state index contributed by atoms with van der Waals surface area (Å²) >= 11 is 5.84. The van der Waals surface area contributed by atoms with E-state index in [1.165, 1.54) is 15.6 Å². The lowest BCUT2D eigenvalue weighted by Gasteiger charge is -2.28. The SMILES string of the molecule is CCn1nc2c(=O)n(C3CC3)ncc2c1[C@](O)(CC)c1cnc(C(F)(F)F)c(Cl)c1. The predicted molar refractivity (Wildman–Crippen MR) is 103 cm³/mol. The largest absolute Gasteiger partial charge is 0.434 e. The van der Waals surface area contributed by atoms with Gasteiger partial charge in [0.1, 0.15) is 5.60 Å². The molecular formula is C19H19ClF3N5O2. The number of rotatable bonds is 5. The van der Waals surface area contributed by atoms with Crippen LogP contribution < -0.4 is 5.56 Å². The van der Waals surface area contributed by atoms with E-state index in [-0.39, 0.29) is 34.8 Å². The fourth-order valence-electron chi connectivity index (χ4n) is 3.66. The summed E-state index contributed by atoms with van der Waals surface area (Å²) in [4.78, 5) is 16.3. The van der Waals surface area contributed by atoms with Crippen molar-refractivity contribution in [2.24, 2.45) is 0 Å². The fraction of sp³-hybridized carbons (Fsp3) is 0.474. The van der Waals surface area contributed by atoms with Crippen molar-refractivity contribution in [3.63, 3.8) is 0 Å². The molecule has 4 rings (SSSR count). The Morgan fingerprint density at radius 1 is 1.27 bits per heavy atom. The van der Waals surface area contributed by atoms with E-state index in [1.54, 1.807) is 13.8 Å². The third-order valence-corrected chi connectivity index (χ3v) is 5.68. The number of pyridine rings is 1. The Morgan fingerprint density at radius 2 is 1.97 bits per heavy atom. The van der Waals surface area contributed by atoms with Crippen LogP contribution in [0.1, 0.15) is 56.1 Å². The normalized spacial score (nSPS) is 16.8. The van der Waals surface area contributed by atoms with Gasteiger partial charge in [0.15, 0.2) is 11.2 Å². The molecule has 0 amide bonds. The lowest BCUT2D eigenvalue weighted by molar-refractivity contribution is -0.141. The number of aryl methyl sites for hydroxylation is 1. The van der Waals surface area contributed by atoms with E-state index in [0.29, 0.717) is 11.9 Å². The molecule has 1 atom stereocenters. The van der Waals surface area contributed by atoms with Crippen molar-refractivity contribution in [2.75, 3.05) is 0 Å². The Kier molecular flexibility index (Phi) is 4.89. The molecule has 7 nitrogen and oxygen atoms in total. The second-order valence-electron chi connectivity index (χ2n) is 7.32. The molecule has 3 heterocycles. The number of fused-ring (bicyclic) bond motifs is 1. The number of nitrogens with zero attached hydrogens (tertiary/aromatic N) is 5. The maximum Gasteiger partial charge on any atom is 0.434 e. The highest BCUT2D eigenvalue weighted by molar-refractivity contribution is 6.31. The van der Waals surface area contributed by atoms with Gasteiger partial charge in [0.05, 0.1) is 28.3 Å². The van der Waals surface area contributed by atoms with Gasteiger partial charge in [-0.25, -0.2) is 9.67 Å². The molecule has 0 unspecified atom stereocenters. The van der Waals surface area contributed by atoms with Crippen LogP contribution in [-0.2, 0) is 18.3 Å². The summed E-state index contributed by atoms with van der Waals surface area (Å²) in [5, 5.41) is 19.9. The highest BCUT2D eigenvalue weighted by atomic mass is 35.5. The summed E-state index contributed by atoms with van der Waals surface area (Å²) in [6, 6.07) is 1.11. The van der Waals surface area contributed by atoms with Gasteiger partial charge < -0.3 is 5.11 Å². The van der Waals surface area contributed by atoms with Gasteiger partial charge in [-0.15, -0.1) is 0 Å². The van der Waals surface area contributed by atoms with E-state index in [0.717, 1.165) is 25.1 Å². The third-order valence-electron chi connectivity index (χ3n) is 5.39. The molecule has 0 spiro atoms. The predicted octanol–water partition coefficient (Wildman–Crippen LogP) is 3.66. The molecule has 1 aliphatic rings. The second kappa shape index (κ2) is 7.05. The van der Waals surface area contributed by atoms with Gasteiger partial charge in [0.25, 0.3) is 5.56 Å². The fourth-order valence-corrected chi connectivity index (χ4v) is 3.94. The van der Waals surface area contributed by atoms with Crippen molar-refractivity contribution < 1.29 is 18.3 Å². The number of alkyl halides is 3. The van der Waals surface area contributed by atoms with Crippen molar-refractivity contribution >= 4 is 22.5 Å². The summed E-state index contributed by atoms with van der Waals surface area (Å²) in [7, 11) is 0. The zero-order valence-electron chi connectivity index (χ0n) is 16.2. The quantitative estimate of drug-likeness (QED) is 0.653. The van der Waals surface area contributed by atoms with E-state index in [4.69, 9.17) is 11.6 Å². The Morgan fingerprint density at radius 3 is 2.50 bits per heavy atom. The van der Waals surface area contributed by atoms with E-state index in [1.807, 2.05) is 0 Å². The summed E-state index contributed by atoms with van der Waals surface area (Å²) in [5.74, 6) is 0. The van der Waals surface area contributed by atoms with E-state index >= 15 is 0 Å². The van der Waals surface area contributed by atoms with E-state index in [2.05, 4.69) is 15.2 Å². The van der Waals surface area contributed by atoms with Gasteiger partial charge in [-0.1, -0.05) is 18.5 Å². The number of aliphatic hydroxyl groups is 1. The van der Waals surface area contributed by atoms with Crippen molar-refractivity contribution in [2.45, 2.75) is 57.5 Å². The molecular weight excluding hydrogens is 423 g/mol. The van der Waals surface area contributed by atoms with Gasteiger partial charge >= 0.3 is 6.18 Å². The molecule has 1 fully saturated rings. The Labute approximate surface area is 174 Å². The van der Waals surface area contributed by atoms with Crippen LogP contribution in [0.5, 0.6) is 0 Å². The molecule has 11 heteroatoms. The van der Waals surface area contributed by atoms with E-state index < -0.39 is 22.5 Å². The maximum absolute atomic E-state index is 13.0. The summed E-state index contributed by atoms with van der Waals surface area (Å²) < 4.78 is 42.0. The molecule has 0 aliphatic heterocycles. The Hall–Kier alpha value is -2.46. The molecule has 1 saturated carbocycles. The Balaban J connectivity index is 1.93. The smallest absolute Gasteiger partial charge is 0.379 e. The highest BCUT2D eigenvalue weighted by Gasteiger charge is 2.40. The molecule has 1 aliphatic carbocycles. The van der Waals surface area contributed by atoms with Crippen molar-refractivity contribution in [3.8, 4) is 0 Å². The lowest BCUT2D eigenvalue weighted by Crippen LogP contribution is -2.31. The second-order valence-corrected chi connectivity index (χ2v) is 7.73. The van der Waals surface area contributed by atoms with Crippen LogP contribution >= 0.6 is 11.6 Å². The molecule has 30 heavy (non-hydrogen) atoms. The summed E-state index contributed by atoms with van der Waals surface area (Å²) in [6.45, 7) is 3.79. The molecule has 0 aromatic carbocycles. The number of halogens is 4. The number of hydrogen-bond donors (Lipinski definition) is 1. The first-order chi connectivity index (χ1) is 14.1. The van der Waals surface area contributed by atoms with Crippen molar-refractivity contribution in [1.82, 2.24) is 24.5 Å². The zero-order valence-corrected chi connectivity index (χ0v) is 17.0. The monoisotopic (exact) mass is 441 g/mol. The first-order valence-corrected chi connectivity index (χ1v) is 9.94. The zero-order chi connectivity index (χ0) is 21.8. The van der Waals surface area contributed by atoms with Crippen LogP contribution in [0.4, 0.5) is 13.2 Å². The molecule has 1 N–H and O–H groups in total. The molecule has 3 aromatic rings. The minimum Gasteiger partial charge on any atom is -0.379 e. The topological polar surface area (TPSA) is 85.8 Å². The minimum atomic E-state index is -4.71. The van der Waals surface area contributed by atoms with Crippen LogP contribution in [0, 0.1) is 0 Å². The summed E-state index contributed by atoms with van der Waals surface area (Å²) in [6.07, 6.45) is -0.458. The van der Waals surface area contributed by atoms with Crippen LogP contribution in [0.15, 0.2) is 23.3 Å². The molecule has 3 aromatic heterocycles. The maximum atomic E-state index is 13.0. The standard InChI is InChI=1S/C19H19ClF3N5O2/c1-3-18(30,10-7-13(20)15(24-8-10)19(21,22)23)16-12-9-25-28(11-5-6-11)17(29)14(12)26-27(16)4-2/h7-9,11,30H,3-6H2,1-2H3/t18-/m0/s1. The molecule has 160 valence electrons. The van der Waals surface area contributed by atoms with Crippen LogP contribution in [0.2, 0.25) is 5.02 Å². The van der Waals surface area contributed by atoms with Crippen molar-refractivity contribution in [1.29, 1.82) is 0 Å². The highest BCUT2D eigenvalue weighted by Crippen LogP contribution is 2.40. The first-order valence-electron chi connectivity index (χ1n) is 9.56. The van der Waals surface area contributed by atoms with Gasteiger partial charge in [-0.05, 0) is 32.3 Å². The van der Waals surface area contributed by atoms with Gasteiger partial charge in [0, 0.05) is 18.3 Å². The average Bonchev–Trinajstić information content (AvgIpc) is 3.46. The van der Waals surface area contributed by atoms with Gasteiger partial charge in [0.2, 0.25) is 0 Å². The van der Waals surface area contributed by atoms with E-state index in [9.17, 15) is 23.1 Å². The lowest BCUT2D eigenvalue weighted by atomic mass is 9.87. The molecule has 0 bridgehead atoms. The average molecular weight is 442 g/mol. The van der Waals surface area contributed by atoms with Gasteiger partial charge in [-0.3, -0.25) is 9.48 Å². The van der Waals surface area contributed by atoms with Crippen LogP contribution in [-0.4, -0.2) is 29.7 Å². The third kappa shape index (κ3) is 3.18. The van der Waals surface area contributed by atoms with Gasteiger partial charge in [-0.2, -0.15) is 23.4 Å².